The van der Waals surface area contributed by atoms with Crippen LogP contribution in [0.4, 0.5) is 0 Å². The van der Waals surface area contributed by atoms with Gasteiger partial charge in [0.2, 0.25) is 0 Å². The summed E-state index contributed by atoms with van der Waals surface area (Å²) in [6, 6.07) is 6.52. The van der Waals surface area contributed by atoms with Crippen LogP contribution in [0, 0.1) is 6.92 Å². The van der Waals surface area contributed by atoms with E-state index in [0.29, 0.717) is 0 Å². The fraction of sp³-hybridized carbons (Fsp3) is 0.273. The van der Waals surface area contributed by atoms with E-state index < -0.39 is 0 Å². The molecule has 0 aromatic carbocycles. The number of hydrogen-bond acceptors (Lipinski definition) is 1. The Labute approximate surface area is 77.2 Å². The fourth-order valence-electron chi connectivity index (χ4n) is 2.18. The number of aryl methyl sites for hydroxylation is 1. The molecule has 1 aliphatic rings. The summed E-state index contributed by atoms with van der Waals surface area (Å²) in [5, 5.41) is 3.39. The molecule has 1 aliphatic heterocycles. The summed E-state index contributed by atoms with van der Waals surface area (Å²) in [7, 11) is 0. The molecule has 13 heavy (non-hydrogen) atoms. The first-order chi connectivity index (χ1) is 6.36. The van der Waals surface area contributed by atoms with Crippen LogP contribution >= 0.6 is 0 Å². The van der Waals surface area contributed by atoms with Crippen LogP contribution in [-0.4, -0.2) is 4.40 Å². The molecule has 0 amide bonds. The number of aromatic nitrogens is 1. The zero-order valence-electron chi connectivity index (χ0n) is 7.67. The molecule has 3 heterocycles. The molecule has 1 N–H and O–H groups in total. The van der Waals surface area contributed by atoms with Gasteiger partial charge in [0.25, 0.3) is 0 Å². The number of fused-ring (bicyclic) bond motifs is 3. The average Bonchev–Trinajstić information content (AvgIpc) is 2.66. The van der Waals surface area contributed by atoms with E-state index in [2.05, 4.69) is 41.0 Å². The van der Waals surface area contributed by atoms with E-state index >= 15 is 0 Å². The monoisotopic (exact) mass is 172 g/mol. The van der Waals surface area contributed by atoms with E-state index in [0.717, 1.165) is 13.1 Å². The highest BCUT2D eigenvalue weighted by Gasteiger charge is 2.15. The van der Waals surface area contributed by atoms with Crippen molar-refractivity contribution in [3.05, 3.63) is 41.2 Å². The van der Waals surface area contributed by atoms with Gasteiger partial charge in [-0.15, -0.1) is 0 Å². The maximum atomic E-state index is 3.39. The second-order valence-electron chi connectivity index (χ2n) is 3.66. The molecule has 0 saturated carbocycles. The van der Waals surface area contributed by atoms with Crippen molar-refractivity contribution in [3.8, 4) is 0 Å². The average molecular weight is 172 g/mol. The van der Waals surface area contributed by atoms with Gasteiger partial charge in [0.15, 0.2) is 0 Å². The predicted octanol–water partition coefficient (Wildman–Crippen LogP) is 1.85. The molecule has 2 aromatic heterocycles. The SMILES string of the molecule is Cc1cc2cccn2c2c1CNC2. The van der Waals surface area contributed by atoms with E-state index in [1.165, 1.54) is 22.3 Å². The number of hydrogen-bond donors (Lipinski definition) is 1. The number of nitrogens with zero attached hydrogens (tertiary/aromatic N) is 1. The van der Waals surface area contributed by atoms with Crippen LogP contribution in [0.25, 0.3) is 5.52 Å². The smallest absolute Gasteiger partial charge is 0.0456 e. The molecular formula is C11H12N2. The Morgan fingerprint density at radius 2 is 2.31 bits per heavy atom. The summed E-state index contributed by atoms with van der Waals surface area (Å²) in [5.41, 5.74) is 5.62. The maximum Gasteiger partial charge on any atom is 0.0456 e. The third-order valence-electron chi connectivity index (χ3n) is 2.85. The quantitative estimate of drug-likeness (QED) is 0.641. The second-order valence-corrected chi connectivity index (χ2v) is 3.66. The van der Waals surface area contributed by atoms with Crippen LogP contribution in [0.15, 0.2) is 24.4 Å². The van der Waals surface area contributed by atoms with Gasteiger partial charge in [0.1, 0.15) is 0 Å². The van der Waals surface area contributed by atoms with Crippen molar-refractivity contribution in [2.45, 2.75) is 20.0 Å². The van der Waals surface area contributed by atoms with E-state index in [1.54, 1.807) is 0 Å². The molecule has 0 saturated heterocycles. The molecule has 0 fully saturated rings. The van der Waals surface area contributed by atoms with Gasteiger partial charge in [-0.3, -0.25) is 0 Å². The Hall–Kier alpha value is -1.28. The number of pyridine rings is 1. The number of nitrogens with one attached hydrogen (secondary N) is 1. The molecule has 0 atom stereocenters. The molecule has 0 spiro atoms. The molecule has 66 valence electrons. The Morgan fingerprint density at radius 3 is 3.23 bits per heavy atom. The molecular weight excluding hydrogens is 160 g/mol. The van der Waals surface area contributed by atoms with Crippen molar-refractivity contribution in [1.29, 1.82) is 0 Å². The Kier molecular flexibility index (Phi) is 1.30. The van der Waals surface area contributed by atoms with Gasteiger partial charge >= 0.3 is 0 Å². The molecule has 0 aliphatic carbocycles. The van der Waals surface area contributed by atoms with Crippen molar-refractivity contribution >= 4 is 5.52 Å². The first kappa shape index (κ1) is 7.15. The molecule has 2 nitrogen and oxygen atoms in total. The van der Waals surface area contributed by atoms with Gasteiger partial charge in [-0.2, -0.15) is 0 Å². The standard InChI is InChI=1S/C11H12N2/c1-8-5-9-3-2-4-13(9)11-7-12-6-10(8)11/h2-5,12H,6-7H2,1H3. The van der Waals surface area contributed by atoms with Gasteiger partial charge in [-0.1, -0.05) is 0 Å². The van der Waals surface area contributed by atoms with Gasteiger partial charge in [-0.25, -0.2) is 0 Å². The van der Waals surface area contributed by atoms with Crippen molar-refractivity contribution in [3.63, 3.8) is 0 Å². The van der Waals surface area contributed by atoms with Gasteiger partial charge in [0.05, 0.1) is 0 Å². The highest BCUT2D eigenvalue weighted by Crippen LogP contribution is 2.22. The Bertz CT molecular complexity index is 468. The topological polar surface area (TPSA) is 16.4 Å². The van der Waals surface area contributed by atoms with Crippen LogP contribution < -0.4 is 5.32 Å². The summed E-state index contributed by atoms with van der Waals surface area (Å²) in [4.78, 5) is 0. The summed E-state index contributed by atoms with van der Waals surface area (Å²) >= 11 is 0. The highest BCUT2D eigenvalue weighted by molar-refractivity contribution is 5.54. The summed E-state index contributed by atoms with van der Waals surface area (Å²) < 4.78 is 2.28. The molecule has 2 aromatic rings. The van der Waals surface area contributed by atoms with Crippen LogP contribution in [0.3, 0.4) is 0 Å². The van der Waals surface area contributed by atoms with Gasteiger partial charge in [0, 0.05) is 30.5 Å². The van der Waals surface area contributed by atoms with Crippen molar-refractivity contribution in [1.82, 2.24) is 9.72 Å². The van der Waals surface area contributed by atoms with E-state index in [4.69, 9.17) is 0 Å². The van der Waals surface area contributed by atoms with Crippen LogP contribution in [0.5, 0.6) is 0 Å². The Morgan fingerprint density at radius 1 is 1.38 bits per heavy atom. The van der Waals surface area contributed by atoms with Crippen LogP contribution in [0.1, 0.15) is 16.8 Å². The maximum absolute atomic E-state index is 3.39. The minimum Gasteiger partial charge on any atom is -0.319 e. The normalized spacial score (nSPS) is 15.2. The third-order valence-corrected chi connectivity index (χ3v) is 2.85. The molecule has 2 heteroatoms. The zero-order valence-corrected chi connectivity index (χ0v) is 7.67. The lowest BCUT2D eigenvalue weighted by atomic mass is 10.1. The fourth-order valence-corrected chi connectivity index (χ4v) is 2.18. The third kappa shape index (κ3) is 0.864. The first-order valence-electron chi connectivity index (χ1n) is 4.65. The lowest BCUT2D eigenvalue weighted by molar-refractivity contribution is 0.752. The van der Waals surface area contributed by atoms with E-state index in [9.17, 15) is 0 Å². The molecule has 0 unspecified atom stereocenters. The van der Waals surface area contributed by atoms with Gasteiger partial charge in [-0.05, 0) is 36.2 Å². The minimum absolute atomic E-state index is 1.00. The lowest BCUT2D eigenvalue weighted by Crippen LogP contribution is -2.01. The summed E-state index contributed by atoms with van der Waals surface area (Å²) in [6.07, 6.45) is 2.14. The van der Waals surface area contributed by atoms with Crippen molar-refractivity contribution in [2.24, 2.45) is 0 Å². The van der Waals surface area contributed by atoms with Crippen molar-refractivity contribution < 1.29 is 0 Å². The molecule has 3 rings (SSSR count). The highest BCUT2D eigenvalue weighted by atomic mass is 15.0. The van der Waals surface area contributed by atoms with Crippen LogP contribution in [0.2, 0.25) is 0 Å². The predicted molar refractivity (Wildman–Crippen MR) is 52.7 cm³/mol. The van der Waals surface area contributed by atoms with E-state index in [-0.39, 0.29) is 0 Å². The minimum atomic E-state index is 1.00. The lowest BCUT2D eigenvalue weighted by Gasteiger charge is -2.06. The van der Waals surface area contributed by atoms with Crippen molar-refractivity contribution in [2.75, 3.05) is 0 Å². The van der Waals surface area contributed by atoms with Crippen LogP contribution in [-0.2, 0) is 13.1 Å². The second kappa shape index (κ2) is 2.36. The Balaban J connectivity index is 2.48. The first-order valence-corrected chi connectivity index (χ1v) is 4.65. The largest absolute Gasteiger partial charge is 0.319 e. The number of rotatable bonds is 0. The van der Waals surface area contributed by atoms with Gasteiger partial charge < -0.3 is 9.72 Å². The molecule has 0 radical (unpaired) electrons. The summed E-state index contributed by atoms with van der Waals surface area (Å²) in [5.74, 6) is 0. The van der Waals surface area contributed by atoms with E-state index in [1.807, 2.05) is 0 Å². The molecule has 0 bridgehead atoms. The summed E-state index contributed by atoms with van der Waals surface area (Å²) in [6.45, 7) is 4.22. The zero-order chi connectivity index (χ0) is 8.84.